The number of nitrogens with one attached hydrogen (secondary N) is 1. The summed E-state index contributed by atoms with van der Waals surface area (Å²) in [6, 6.07) is 0.464. The molecule has 0 bridgehead atoms. The molecule has 0 aliphatic rings. The van der Waals surface area contributed by atoms with Gasteiger partial charge in [0.05, 0.1) is 0 Å². The van der Waals surface area contributed by atoms with Gasteiger partial charge in [0.25, 0.3) is 0 Å². The van der Waals surface area contributed by atoms with Gasteiger partial charge in [-0.1, -0.05) is 26.7 Å². The Labute approximate surface area is 110 Å². The lowest BCUT2D eigenvalue weighted by molar-refractivity contribution is 0.608. The molecular weight excluding hydrogens is 226 g/mol. The van der Waals surface area contributed by atoms with E-state index in [4.69, 9.17) is 5.84 Å². The molecule has 1 heterocycles. The van der Waals surface area contributed by atoms with Crippen molar-refractivity contribution in [3.63, 3.8) is 0 Å². The van der Waals surface area contributed by atoms with Crippen molar-refractivity contribution in [2.75, 3.05) is 17.4 Å². The maximum Gasteiger partial charge on any atom is 0.148 e. The Hall–Kier alpha value is -1.36. The third kappa shape index (κ3) is 3.32. The van der Waals surface area contributed by atoms with E-state index in [2.05, 4.69) is 48.1 Å². The number of anilines is 2. The lowest BCUT2D eigenvalue weighted by Crippen LogP contribution is -2.31. The van der Waals surface area contributed by atoms with Crippen molar-refractivity contribution in [1.29, 1.82) is 0 Å². The van der Waals surface area contributed by atoms with E-state index in [9.17, 15) is 0 Å². The summed E-state index contributed by atoms with van der Waals surface area (Å²) in [5, 5.41) is 0. The van der Waals surface area contributed by atoms with Gasteiger partial charge < -0.3 is 10.3 Å². The van der Waals surface area contributed by atoms with Crippen LogP contribution < -0.4 is 16.2 Å². The van der Waals surface area contributed by atoms with Gasteiger partial charge in [-0.05, 0) is 19.8 Å². The van der Waals surface area contributed by atoms with E-state index < -0.39 is 0 Å². The number of aromatic nitrogens is 2. The summed E-state index contributed by atoms with van der Waals surface area (Å²) in [4.78, 5) is 10.8. The number of hydrogen-bond acceptors (Lipinski definition) is 5. The molecule has 1 aromatic heterocycles. The van der Waals surface area contributed by atoms with Gasteiger partial charge in [-0.3, -0.25) is 0 Å². The molecule has 0 radical (unpaired) electrons. The van der Waals surface area contributed by atoms with Gasteiger partial charge >= 0.3 is 0 Å². The average molecular weight is 251 g/mol. The van der Waals surface area contributed by atoms with Crippen LogP contribution in [0, 0.1) is 0 Å². The Kier molecular flexibility index (Phi) is 5.85. The minimum Gasteiger partial charge on any atom is -0.357 e. The van der Waals surface area contributed by atoms with E-state index in [0.29, 0.717) is 6.04 Å². The normalized spacial score (nSPS) is 12.3. The molecule has 0 saturated heterocycles. The molecule has 3 N–H and O–H groups in total. The summed E-state index contributed by atoms with van der Waals surface area (Å²) < 4.78 is 0. The summed E-state index contributed by atoms with van der Waals surface area (Å²) in [6.45, 7) is 6.56. The molecule has 18 heavy (non-hydrogen) atoms. The highest BCUT2D eigenvalue weighted by molar-refractivity contribution is 5.58. The zero-order valence-corrected chi connectivity index (χ0v) is 11.9. The van der Waals surface area contributed by atoms with E-state index in [1.54, 1.807) is 6.33 Å². The fourth-order valence-corrected chi connectivity index (χ4v) is 2.13. The van der Waals surface area contributed by atoms with Gasteiger partial charge in [-0.2, -0.15) is 0 Å². The molecular formula is C13H25N5. The van der Waals surface area contributed by atoms with Crippen molar-refractivity contribution in [2.24, 2.45) is 5.84 Å². The largest absolute Gasteiger partial charge is 0.357 e. The summed E-state index contributed by atoms with van der Waals surface area (Å²) in [6.07, 6.45) is 5.86. The first-order valence-electron chi connectivity index (χ1n) is 6.68. The number of nitrogens with two attached hydrogens (primary N) is 1. The van der Waals surface area contributed by atoms with Gasteiger partial charge in [0.2, 0.25) is 0 Å². The number of rotatable bonds is 7. The Balaban J connectivity index is 3.06. The molecule has 0 spiro atoms. The first-order chi connectivity index (χ1) is 8.65. The molecule has 1 aromatic rings. The van der Waals surface area contributed by atoms with Crippen molar-refractivity contribution >= 4 is 11.6 Å². The molecule has 1 rings (SSSR count). The van der Waals surface area contributed by atoms with Crippen molar-refractivity contribution in [1.82, 2.24) is 9.97 Å². The van der Waals surface area contributed by atoms with Gasteiger partial charge in [-0.25, -0.2) is 15.8 Å². The molecule has 0 aliphatic carbocycles. The highest BCUT2D eigenvalue weighted by atomic mass is 15.3. The van der Waals surface area contributed by atoms with E-state index in [0.717, 1.165) is 36.5 Å². The van der Waals surface area contributed by atoms with Gasteiger partial charge in [0.15, 0.2) is 0 Å². The van der Waals surface area contributed by atoms with E-state index >= 15 is 0 Å². The van der Waals surface area contributed by atoms with Gasteiger partial charge in [-0.15, -0.1) is 0 Å². The first-order valence-corrected chi connectivity index (χ1v) is 6.68. The van der Waals surface area contributed by atoms with Crippen LogP contribution in [0.15, 0.2) is 6.33 Å². The number of nitrogens with zero attached hydrogens (tertiary/aromatic N) is 3. The quantitative estimate of drug-likeness (QED) is 0.575. The SMILES string of the molecule is CCCc1c(NN)ncnc1N(C)C(C)CCC. The summed E-state index contributed by atoms with van der Waals surface area (Å²) in [7, 11) is 2.09. The second-order valence-corrected chi connectivity index (χ2v) is 4.67. The van der Waals surface area contributed by atoms with E-state index in [1.165, 1.54) is 6.42 Å². The van der Waals surface area contributed by atoms with E-state index in [-0.39, 0.29) is 0 Å². The van der Waals surface area contributed by atoms with Crippen LogP contribution in [-0.2, 0) is 6.42 Å². The molecule has 1 unspecified atom stereocenters. The highest BCUT2D eigenvalue weighted by Gasteiger charge is 2.17. The topological polar surface area (TPSA) is 67.1 Å². The van der Waals surface area contributed by atoms with Crippen molar-refractivity contribution in [3.8, 4) is 0 Å². The lowest BCUT2D eigenvalue weighted by atomic mass is 10.1. The van der Waals surface area contributed by atoms with Crippen LogP contribution in [0.25, 0.3) is 0 Å². The molecule has 0 aliphatic heterocycles. The number of nitrogen functional groups attached to an aromatic ring is 1. The van der Waals surface area contributed by atoms with Gasteiger partial charge in [0, 0.05) is 18.7 Å². The molecule has 0 amide bonds. The zero-order valence-electron chi connectivity index (χ0n) is 11.9. The first kappa shape index (κ1) is 14.7. The molecule has 5 heteroatoms. The highest BCUT2D eigenvalue weighted by Crippen LogP contribution is 2.25. The van der Waals surface area contributed by atoms with Crippen molar-refractivity contribution in [2.45, 2.75) is 52.5 Å². The molecule has 5 nitrogen and oxygen atoms in total. The van der Waals surface area contributed by atoms with Crippen LogP contribution >= 0.6 is 0 Å². The Morgan fingerprint density at radius 1 is 1.33 bits per heavy atom. The minimum atomic E-state index is 0.464. The fourth-order valence-electron chi connectivity index (χ4n) is 2.13. The summed E-state index contributed by atoms with van der Waals surface area (Å²) >= 11 is 0. The molecule has 0 fully saturated rings. The fraction of sp³-hybridized carbons (Fsp3) is 0.692. The minimum absolute atomic E-state index is 0.464. The van der Waals surface area contributed by atoms with Crippen LogP contribution in [0.1, 0.15) is 45.6 Å². The number of hydrogen-bond donors (Lipinski definition) is 2. The number of hydrazine groups is 1. The van der Waals surface area contributed by atoms with Crippen molar-refractivity contribution < 1.29 is 0 Å². The third-order valence-electron chi connectivity index (χ3n) is 3.26. The zero-order chi connectivity index (χ0) is 13.5. The van der Waals surface area contributed by atoms with Crippen LogP contribution in [0.4, 0.5) is 11.6 Å². The Morgan fingerprint density at radius 2 is 2.06 bits per heavy atom. The predicted molar refractivity (Wildman–Crippen MR) is 76.6 cm³/mol. The predicted octanol–water partition coefficient (Wildman–Crippen LogP) is 2.34. The standard InChI is InChI=1S/C13H25N5/c1-5-7-10(3)18(4)13-11(8-6-2)12(17-14)15-9-16-13/h9-10H,5-8,14H2,1-4H3,(H,15,16,17). The van der Waals surface area contributed by atoms with Crippen LogP contribution in [0.3, 0.4) is 0 Å². The molecule has 0 saturated carbocycles. The maximum atomic E-state index is 5.53. The molecule has 1 atom stereocenters. The Morgan fingerprint density at radius 3 is 2.61 bits per heavy atom. The maximum absolute atomic E-state index is 5.53. The lowest BCUT2D eigenvalue weighted by Gasteiger charge is -2.28. The monoisotopic (exact) mass is 251 g/mol. The van der Waals surface area contributed by atoms with Gasteiger partial charge in [0.1, 0.15) is 18.0 Å². The second kappa shape index (κ2) is 7.16. The van der Waals surface area contributed by atoms with Crippen molar-refractivity contribution in [3.05, 3.63) is 11.9 Å². The van der Waals surface area contributed by atoms with Crippen LogP contribution in [0.2, 0.25) is 0 Å². The second-order valence-electron chi connectivity index (χ2n) is 4.67. The summed E-state index contributed by atoms with van der Waals surface area (Å²) in [5.74, 6) is 7.25. The van der Waals surface area contributed by atoms with Crippen LogP contribution in [0.5, 0.6) is 0 Å². The third-order valence-corrected chi connectivity index (χ3v) is 3.26. The Bertz CT molecular complexity index is 366. The summed E-state index contributed by atoms with van der Waals surface area (Å²) in [5.41, 5.74) is 3.77. The van der Waals surface area contributed by atoms with Crippen LogP contribution in [-0.4, -0.2) is 23.1 Å². The molecule has 0 aromatic carbocycles. The molecule has 102 valence electrons. The average Bonchev–Trinajstić information content (AvgIpc) is 2.38. The smallest absolute Gasteiger partial charge is 0.148 e. The van der Waals surface area contributed by atoms with E-state index in [1.807, 2.05) is 0 Å².